The number of carbonyl (C=O) groups is 1. The van der Waals surface area contributed by atoms with E-state index in [1.54, 1.807) is 12.1 Å². The van der Waals surface area contributed by atoms with Crippen molar-refractivity contribution in [1.82, 2.24) is 5.32 Å². The van der Waals surface area contributed by atoms with Crippen LogP contribution >= 0.6 is 0 Å². The summed E-state index contributed by atoms with van der Waals surface area (Å²) >= 11 is 0. The number of hydrogen-bond donors (Lipinski definition) is 3. The summed E-state index contributed by atoms with van der Waals surface area (Å²) in [5.74, 6) is -0.0429. The maximum absolute atomic E-state index is 10.4. The maximum Gasteiger partial charge on any atom is 0.404 e. The molecule has 6 nitrogen and oxygen atoms in total. The molecule has 1 heterocycles. The van der Waals surface area contributed by atoms with E-state index in [9.17, 15) is 9.90 Å². The van der Waals surface area contributed by atoms with Gasteiger partial charge in [-0.15, -0.1) is 0 Å². The van der Waals surface area contributed by atoms with E-state index in [2.05, 4.69) is 5.32 Å². The molecule has 1 aliphatic rings. The topological polar surface area (TPSA) is 88.0 Å². The van der Waals surface area contributed by atoms with Crippen LogP contribution in [0.2, 0.25) is 0 Å². The SMILES string of the molecule is CC1(C)OCc2ccc(C(O)CNC(=O)O)cc2O1. The Bertz CT molecular complexity index is 486. The predicted molar refractivity (Wildman–Crippen MR) is 66.9 cm³/mol. The molecule has 0 aliphatic carbocycles. The van der Waals surface area contributed by atoms with Gasteiger partial charge in [-0.05, 0) is 11.6 Å². The Kier molecular flexibility index (Phi) is 3.64. The van der Waals surface area contributed by atoms with Gasteiger partial charge in [0, 0.05) is 19.4 Å². The lowest BCUT2D eigenvalue weighted by atomic mass is 10.0. The third kappa shape index (κ3) is 3.36. The highest BCUT2D eigenvalue weighted by molar-refractivity contribution is 5.64. The molecule has 1 atom stereocenters. The van der Waals surface area contributed by atoms with Crippen LogP contribution in [-0.4, -0.2) is 28.6 Å². The van der Waals surface area contributed by atoms with Crippen LogP contribution in [0.1, 0.15) is 31.1 Å². The van der Waals surface area contributed by atoms with Crippen LogP contribution in [0.3, 0.4) is 0 Å². The molecule has 1 aromatic rings. The summed E-state index contributed by atoms with van der Waals surface area (Å²) in [6, 6.07) is 5.26. The number of aliphatic hydroxyl groups is 1. The van der Waals surface area contributed by atoms with Gasteiger partial charge in [-0.1, -0.05) is 12.1 Å². The summed E-state index contributed by atoms with van der Waals surface area (Å²) < 4.78 is 11.2. The van der Waals surface area contributed by atoms with E-state index in [4.69, 9.17) is 14.6 Å². The minimum atomic E-state index is -1.16. The predicted octanol–water partition coefficient (Wildman–Crippen LogP) is 1.63. The summed E-state index contributed by atoms with van der Waals surface area (Å²) in [5.41, 5.74) is 1.51. The zero-order chi connectivity index (χ0) is 14.0. The molecular formula is C13H17NO5. The lowest BCUT2D eigenvalue weighted by Crippen LogP contribution is -2.35. The Morgan fingerprint density at radius 2 is 2.26 bits per heavy atom. The lowest BCUT2D eigenvalue weighted by Gasteiger charge is -2.33. The van der Waals surface area contributed by atoms with Gasteiger partial charge in [0.1, 0.15) is 5.75 Å². The molecule has 0 bridgehead atoms. The largest absolute Gasteiger partial charge is 0.465 e. The first-order chi connectivity index (χ1) is 8.87. The van der Waals surface area contributed by atoms with Crippen LogP contribution in [-0.2, 0) is 11.3 Å². The van der Waals surface area contributed by atoms with Crippen LogP contribution in [0.4, 0.5) is 4.79 Å². The normalized spacial score (nSPS) is 18.1. The van der Waals surface area contributed by atoms with E-state index < -0.39 is 18.0 Å². The van der Waals surface area contributed by atoms with Crippen molar-refractivity contribution in [2.75, 3.05) is 6.54 Å². The average molecular weight is 267 g/mol. The molecular weight excluding hydrogens is 250 g/mol. The van der Waals surface area contributed by atoms with Gasteiger partial charge >= 0.3 is 6.09 Å². The van der Waals surface area contributed by atoms with Crippen LogP contribution in [0, 0.1) is 0 Å². The van der Waals surface area contributed by atoms with Gasteiger partial charge < -0.3 is 25.0 Å². The molecule has 0 fully saturated rings. The van der Waals surface area contributed by atoms with Gasteiger partial charge in [0.25, 0.3) is 0 Å². The molecule has 1 aliphatic heterocycles. The smallest absolute Gasteiger partial charge is 0.404 e. The van der Waals surface area contributed by atoms with Crippen molar-refractivity contribution in [2.45, 2.75) is 32.3 Å². The molecule has 3 N–H and O–H groups in total. The third-order valence-corrected chi connectivity index (χ3v) is 2.85. The quantitative estimate of drug-likeness (QED) is 0.774. The first-order valence-electron chi connectivity index (χ1n) is 5.98. The van der Waals surface area contributed by atoms with Crippen molar-refractivity contribution in [2.24, 2.45) is 0 Å². The van der Waals surface area contributed by atoms with Crippen molar-refractivity contribution >= 4 is 6.09 Å². The number of rotatable bonds is 3. The molecule has 1 aromatic carbocycles. The second kappa shape index (κ2) is 5.07. The first kappa shape index (κ1) is 13.6. The van der Waals surface area contributed by atoms with Gasteiger partial charge in [0.05, 0.1) is 19.3 Å². The zero-order valence-electron chi connectivity index (χ0n) is 10.8. The standard InChI is InChI=1S/C13H17NO5/c1-13(2)18-7-9-4-3-8(5-11(9)19-13)10(15)6-14-12(16)17/h3-5,10,14-15H,6-7H2,1-2H3,(H,16,17). The monoisotopic (exact) mass is 267 g/mol. The van der Waals surface area contributed by atoms with E-state index in [-0.39, 0.29) is 6.54 Å². The fourth-order valence-electron chi connectivity index (χ4n) is 1.84. The Labute approximate surface area is 111 Å². The van der Waals surface area contributed by atoms with Crippen LogP contribution in [0.25, 0.3) is 0 Å². The van der Waals surface area contributed by atoms with Gasteiger partial charge in [-0.2, -0.15) is 0 Å². The number of fused-ring (bicyclic) bond motifs is 1. The minimum absolute atomic E-state index is 0.0615. The molecule has 0 saturated carbocycles. The Balaban J connectivity index is 2.14. The fraction of sp³-hybridized carbons (Fsp3) is 0.462. The number of carboxylic acid groups (broad SMARTS) is 1. The van der Waals surface area contributed by atoms with E-state index in [1.807, 2.05) is 19.9 Å². The second-order valence-electron chi connectivity index (χ2n) is 4.86. The first-order valence-corrected chi connectivity index (χ1v) is 5.98. The van der Waals surface area contributed by atoms with Gasteiger partial charge in [0.2, 0.25) is 5.79 Å². The lowest BCUT2D eigenvalue weighted by molar-refractivity contribution is -0.180. The van der Waals surface area contributed by atoms with Gasteiger partial charge in [-0.25, -0.2) is 4.79 Å². The van der Waals surface area contributed by atoms with Crippen LogP contribution in [0.5, 0.6) is 5.75 Å². The molecule has 0 radical (unpaired) electrons. The average Bonchev–Trinajstić information content (AvgIpc) is 2.33. The summed E-state index contributed by atoms with van der Waals surface area (Å²) in [4.78, 5) is 10.4. The maximum atomic E-state index is 10.4. The highest BCUT2D eigenvalue weighted by Crippen LogP contribution is 2.33. The molecule has 0 spiro atoms. The summed E-state index contributed by atoms with van der Waals surface area (Å²) in [6.45, 7) is 4.01. The number of nitrogens with one attached hydrogen (secondary N) is 1. The minimum Gasteiger partial charge on any atom is -0.465 e. The highest BCUT2D eigenvalue weighted by Gasteiger charge is 2.27. The molecule has 104 valence electrons. The molecule has 2 rings (SSSR count). The van der Waals surface area contributed by atoms with E-state index in [0.29, 0.717) is 17.9 Å². The van der Waals surface area contributed by atoms with E-state index >= 15 is 0 Å². The van der Waals surface area contributed by atoms with Gasteiger partial charge in [-0.3, -0.25) is 0 Å². The zero-order valence-corrected chi connectivity index (χ0v) is 10.8. The molecule has 1 unspecified atom stereocenters. The van der Waals surface area contributed by atoms with E-state index in [0.717, 1.165) is 5.56 Å². The molecule has 0 aromatic heterocycles. The number of aliphatic hydroxyl groups excluding tert-OH is 1. The van der Waals surface area contributed by atoms with Crippen molar-refractivity contribution in [3.63, 3.8) is 0 Å². The summed E-state index contributed by atoms with van der Waals surface area (Å²) in [6.07, 6.45) is -2.07. The van der Waals surface area contributed by atoms with E-state index in [1.165, 1.54) is 0 Å². The summed E-state index contributed by atoms with van der Waals surface area (Å²) in [7, 11) is 0. The fourth-order valence-corrected chi connectivity index (χ4v) is 1.84. The van der Waals surface area contributed by atoms with Crippen LogP contribution < -0.4 is 10.1 Å². The van der Waals surface area contributed by atoms with Crippen LogP contribution in [0.15, 0.2) is 18.2 Å². The molecule has 19 heavy (non-hydrogen) atoms. The number of amides is 1. The highest BCUT2D eigenvalue weighted by atomic mass is 16.7. The summed E-state index contributed by atoms with van der Waals surface area (Å²) in [5, 5.41) is 20.5. The number of hydrogen-bond acceptors (Lipinski definition) is 4. The van der Waals surface area contributed by atoms with Crippen molar-refractivity contribution < 1.29 is 24.5 Å². The van der Waals surface area contributed by atoms with Gasteiger partial charge in [0.15, 0.2) is 0 Å². The van der Waals surface area contributed by atoms with Crippen molar-refractivity contribution in [3.8, 4) is 5.75 Å². The second-order valence-corrected chi connectivity index (χ2v) is 4.86. The van der Waals surface area contributed by atoms with Crippen molar-refractivity contribution in [3.05, 3.63) is 29.3 Å². The third-order valence-electron chi connectivity index (χ3n) is 2.85. The van der Waals surface area contributed by atoms with Crippen molar-refractivity contribution in [1.29, 1.82) is 0 Å². The Hall–Kier alpha value is -1.79. The molecule has 0 saturated heterocycles. The Morgan fingerprint density at radius 3 is 2.95 bits per heavy atom. The Morgan fingerprint density at radius 1 is 1.53 bits per heavy atom. The molecule has 1 amide bonds. The molecule has 6 heteroatoms. The number of benzene rings is 1. The number of ether oxygens (including phenoxy) is 2.